The van der Waals surface area contributed by atoms with E-state index in [1.165, 1.54) is 0 Å². The van der Waals surface area contributed by atoms with Crippen molar-refractivity contribution in [3.05, 3.63) is 60.3 Å². The SMILES string of the molecule is Cc1ccc2nc3nc(-c4ccccc4)ncc3c(N)c2c1. The number of hydrogen-bond donors (Lipinski definition) is 1. The number of aryl methyl sites for hydroxylation is 1. The zero-order valence-corrected chi connectivity index (χ0v) is 12.1. The number of nitrogen functional groups attached to an aromatic ring is 1. The van der Waals surface area contributed by atoms with Crippen molar-refractivity contribution in [3.63, 3.8) is 0 Å². The Labute approximate surface area is 127 Å². The highest BCUT2D eigenvalue weighted by Crippen LogP contribution is 2.28. The lowest BCUT2D eigenvalue weighted by molar-refractivity contribution is 1.20. The lowest BCUT2D eigenvalue weighted by Crippen LogP contribution is -1.97. The first-order valence-corrected chi connectivity index (χ1v) is 7.10. The fourth-order valence-corrected chi connectivity index (χ4v) is 2.60. The van der Waals surface area contributed by atoms with Crippen LogP contribution in [0.4, 0.5) is 5.69 Å². The Morgan fingerprint density at radius 1 is 0.909 bits per heavy atom. The normalized spacial score (nSPS) is 11.1. The van der Waals surface area contributed by atoms with Crippen molar-refractivity contribution < 1.29 is 0 Å². The number of benzene rings is 2. The average molecular weight is 286 g/mol. The molecule has 0 saturated heterocycles. The summed E-state index contributed by atoms with van der Waals surface area (Å²) in [6.45, 7) is 2.04. The molecule has 0 saturated carbocycles. The van der Waals surface area contributed by atoms with Gasteiger partial charge in [0.15, 0.2) is 11.5 Å². The van der Waals surface area contributed by atoms with Crippen LogP contribution in [0.3, 0.4) is 0 Å². The molecule has 0 bridgehead atoms. The summed E-state index contributed by atoms with van der Waals surface area (Å²) in [7, 11) is 0. The van der Waals surface area contributed by atoms with Crippen LogP contribution in [-0.2, 0) is 0 Å². The third kappa shape index (κ3) is 1.97. The smallest absolute Gasteiger partial charge is 0.165 e. The van der Waals surface area contributed by atoms with Crippen LogP contribution in [0, 0.1) is 6.92 Å². The first-order valence-electron chi connectivity index (χ1n) is 7.10. The molecule has 2 N–H and O–H groups in total. The number of pyridine rings is 1. The molecule has 4 rings (SSSR count). The van der Waals surface area contributed by atoms with E-state index in [9.17, 15) is 0 Å². The minimum atomic E-state index is 0.628. The predicted molar refractivity (Wildman–Crippen MR) is 89.4 cm³/mol. The van der Waals surface area contributed by atoms with Gasteiger partial charge in [0.25, 0.3) is 0 Å². The largest absolute Gasteiger partial charge is 0.398 e. The third-order valence-electron chi connectivity index (χ3n) is 3.76. The maximum atomic E-state index is 6.29. The molecule has 0 aliphatic rings. The average Bonchev–Trinajstić information content (AvgIpc) is 2.56. The lowest BCUT2D eigenvalue weighted by atomic mass is 10.1. The Morgan fingerprint density at radius 2 is 1.73 bits per heavy atom. The van der Waals surface area contributed by atoms with E-state index < -0.39 is 0 Å². The van der Waals surface area contributed by atoms with Gasteiger partial charge in [-0.15, -0.1) is 0 Å². The molecule has 2 aromatic heterocycles. The van der Waals surface area contributed by atoms with Gasteiger partial charge in [-0.1, -0.05) is 42.0 Å². The van der Waals surface area contributed by atoms with Crippen LogP contribution in [0.15, 0.2) is 54.7 Å². The van der Waals surface area contributed by atoms with E-state index in [0.717, 1.165) is 27.4 Å². The molecule has 4 aromatic rings. The van der Waals surface area contributed by atoms with Crippen LogP contribution in [0.2, 0.25) is 0 Å². The topological polar surface area (TPSA) is 64.7 Å². The molecule has 0 aliphatic heterocycles. The number of hydrogen-bond acceptors (Lipinski definition) is 4. The second-order valence-electron chi connectivity index (χ2n) is 5.34. The molecule has 22 heavy (non-hydrogen) atoms. The highest BCUT2D eigenvalue weighted by Gasteiger charge is 2.10. The molecule has 4 heteroatoms. The zero-order valence-electron chi connectivity index (χ0n) is 12.1. The van der Waals surface area contributed by atoms with Crippen molar-refractivity contribution in [2.24, 2.45) is 0 Å². The van der Waals surface area contributed by atoms with Crippen LogP contribution in [0.5, 0.6) is 0 Å². The molecule has 4 nitrogen and oxygen atoms in total. The maximum Gasteiger partial charge on any atom is 0.165 e. The van der Waals surface area contributed by atoms with Crippen LogP contribution in [0.1, 0.15) is 5.56 Å². The highest BCUT2D eigenvalue weighted by atomic mass is 14.9. The van der Waals surface area contributed by atoms with Gasteiger partial charge in [-0.3, -0.25) is 0 Å². The molecule has 0 amide bonds. The summed E-state index contributed by atoms with van der Waals surface area (Å²) >= 11 is 0. The van der Waals surface area contributed by atoms with E-state index >= 15 is 0 Å². The summed E-state index contributed by atoms with van der Waals surface area (Å²) in [5.74, 6) is 0.659. The molecule has 0 radical (unpaired) electrons. The van der Waals surface area contributed by atoms with E-state index in [-0.39, 0.29) is 0 Å². The molecular formula is C18H14N4. The van der Waals surface area contributed by atoms with Crippen molar-refractivity contribution >= 4 is 27.6 Å². The minimum absolute atomic E-state index is 0.628. The van der Waals surface area contributed by atoms with Crippen LogP contribution in [-0.4, -0.2) is 15.0 Å². The van der Waals surface area contributed by atoms with Gasteiger partial charge in [0, 0.05) is 17.1 Å². The standard InChI is InChI=1S/C18H14N4/c1-11-7-8-15-13(9-11)16(19)14-10-20-17(22-18(14)21-15)12-5-3-2-4-6-12/h2-10H,1H3,(H2,19,20,21,22). The Bertz CT molecular complexity index is 994. The maximum absolute atomic E-state index is 6.29. The number of aromatic nitrogens is 3. The molecule has 0 aliphatic carbocycles. The number of nitrogens with zero attached hydrogens (tertiary/aromatic N) is 3. The molecule has 0 unspecified atom stereocenters. The second kappa shape index (κ2) is 4.77. The van der Waals surface area contributed by atoms with Crippen LogP contribution >= 0.6 is 0 Å². The van der Waals surface area contributed by atoms with Crippen molar-refractivity contribution in [1.82, 2.24) is 15.0 Å². The molecule has 0 fully saturated rings. The quantitative estimate of drug-likeness (QED) is 0.541. The highest BCUT2D eigenvalue weighted by molar-refractivity contribution is 6.05. The summed E-state index contributed by atoms with van der Waals surface area (Å²) in [4.78, 5) is 13.6. The Hall–Kier alpha value is -3.01. The number of nitrogens with two attached hydrogens (primary N) is 1. The summed E-state index contributed by atoms with van der Waals surface area (Å²) in [5, 5.41) is 1.74. The molecule has 2 heterocycles. The summed E-state index contributed by atoms with van der Waals surface area (Å²) in [6.07, 6.45) is 1.76. The van der Waals surface area contributed by atoms with Crippen molar-refractivity contribution in [3.8, 4) is 11.4 Å². The number of fused-ring (bicyclic) bond motifs is 2. The van der Waals surface area contributed by atoms with E-state index in [1.54, 1.807) is 6.20 Å². The second-order valence-corrected chi connectivity index (χ2v) is 5.34. The molecule has 2 aromatic carbocycles. The van der Waals surface area contributed by atoms with Crippen molar-refractivity contribution in [2.75, 3.05) is 5.73 Å². The Kier molecular flexibility index (Phi) is 2.76. The van der Waals surface area contributed by atoms with Crippen LogP contribution < -0.4 is 5.73 Å². The molecule has 0 spiro atoms. The minimum Gasteiger partial charge on any atom is -0.398 e. The first-order chi connectivity index (χ1) is 10.7. The van der Waals surface area contributed by atoms with Gasteiger partial charge in [0.1, 0.15) is 0 Å². The predicted octanol–water partition coefficient (Wildman–Crippen LogP) is 3.74. The number of rotatable bonds is 1. The molecule has 0 atom stereocenters. The zero-order chi connectivity index (χ0) is 15.1. The van der Waals surface area contributed by atoms with Crippen molar-refractivity contribution in [1.29, 1.82) is 0 Å². The van der Waals surface area contributed by atoms with Gasteiger partial charge in [-0.25, -0.2) is 15.0 Å². The van der Waals surface area contributed by atoms with E-state index in [1.807, 2.05) is 55.5 Å². The van der Waals surface area contributed by atoms with Crippen molar-refractivity contribution in [2.45, 2.75) is 6.92 Å². The summed E-state index contributed by atoms with van der Waals surface area (Å²) < 4.78 is 0. The van der Waals surface area contributed by atoms with Gasteiger partial charge in [0.05, 0.1) is 16.6 Å². The molecular weight excluding hydrogens is 272 g/mol. The summed E-state index contributed by atoms with van der Waals surface area (Å²) in [6, 6.07) is 15.9. The monoisotopic (exact) mass is 286 g/mol. The van der Waals surface area contributed by atoms with Gasteiger partial charge in [0.2, 0.25) is 0 Å². The van der Waals surface area contributed by atoms with Gasteiger partial charge < -0.3 is 5.73 Å². The first kappa shape index (κ1) is 12.7. The van der Waals surface area contributed by atoms with Gasteiger partial charge >= 0.3 is 0 Å². The van der Waals surface area contributed by atoms with E-state index in [4.69, 9.17) is 5.73 Å². The summed E-state index contributed by atoms with van der Waals surface area (Å²) in [5.41, 5.74) is 10.6. The fraction of sp³-hybridized carbons (Fsp3) is 0.0556. The third-order valence-corrected chi connectivity index (χ3v) is 3.76. The Morgan fingerprint density at radius 3 is 2.55 bits per heavy atom. The van der Waals surface area contributed by atoms with Gasteiger partial charge in [-0.2, -0.15) is 0 Å². The lowest BCUT2D eigenvalue weighted by Gasteiger charge is -2.08. The van der Waals surface area contributed by atoms with E-state index in [0.29, 0.717) is 17.2 Å². The van der Waals surface area contributed by atoms with Crippen LogP contribution in [0.25, 0.3) is 33.3 Å². The Balaban J connectivity index is 2.01. The number of anilines is 1. The van der Waals surface area contributed by atoms with Gasteiger partial charge in [-0.05, 0) is 19.1 Å². The van der Waals surface area contributed by atoms with E-state index in [2.05, 4.69) is 15.0 Å². The molecule has 106 valence electrons. The fourth-order valence-electron chi connectivity index (χ4n) is 2.60.